The van der Waals surface area contributed by atoms with E-state index in [4.69, 9.17) is 32.2 Å². The second-order valence-electron chi connectivity index (χ2n) is 8.73. The Kier molecular flexibility index (Phi) is 5.98. The summed E-state index contributed by atoms with van der Waals surface area (Å²) in [6, 6.07) is 28.4. The minimum Gasteiger partial charge on any atom is -0.462 e. The number of carbonyl (C=O) groups is 1. The molecule has 3 aromatic carbocycles. The lowest BCUT2D eigenvalue weighted by molar-refractivity contribution is 0.0528. The van der Waals surface area contributed by atoms with Crippen molar-refractivity contribution in [2.75, 3.05) is 12.3 Å². The Bertz CT molecular complexity index is 1920. The van der Waals surface area contributed by atoms with E-state index in [2.05, 4.69) is 6.07 Å². The van der Waals surface area contributed by atoms with Crippen LogP contribution in [0, 0.1) is 11.3 Å². The van der Waals surface area contributed by atoms with Crippen molar-refractivity contribution in [1.82, 2.24) is 19.2 Å². The van der Waals surface area contributed by atoms with Crippen LogP contribution in [0.1, 0.15) is 22.8 Å². The predicted octanol–water partition coefficient (Wildman–Crippen LogP) is 6.29. The summed E-state index contributed by atoms with van der Waals surface area (Å²) in [5.41, 5.74) is 11.0. The molecular weight excluding hydrogens is 512 g/mol. The highest BCUT2D eigenvalue weighted by molar-refractivity contribution is 6.34. The summed E-state index contributed by atoms with van der Waals surface area (Å²) < 4.78 is 8.65. The average molecular weight is 533 g/mol. The number of halogens is 1. The van der Waals surface area contributed by atoms with Crippen LogP contribution in [0.3, 0.4) is 0 Å². The quantitative estimate of drug-likeness (QED) is 0.261. The fourth-order valence-corrected chi connectivity index (χ4v) is 5.16. The molecule has 6 rings (SSSR count). The Morgan fingerprint density at radius 1 is 1.00 bits per heavy atom. The molecule has 0 atom stereocenters. The number of aromatic nitrogens is 4. The molecule has 0 saturated carbocycles. The molecule has 0 spiro atoms. The van der Waals surface area contributed by atoms with Gasteiger partial charge in [0.05, 0.1) is 23.3 Å². The van der Waals surface area contributed by atoms with Crippen molar-refractivity contribution < 1.29 is 9.53 Å². The molecule has 2 N–H and O–H groups in total. The number of hydrogen-bond donors (Lipinski definition) is 1. The van der Waals surface area contributed by atoms with Gasteiger partial charge >= 0.3 is 5.97 Å². The summed E-state index contributed by atoms with van der Waals surface area (Å²) in [6.45, 7) is 1.82. The number of hydrogen-bond acceptors (Lipinski definition) is 6. The maximum absolute atomic E-state index is 13.5. The highest BCUT2D eigenvalue weighted by Crippen LogP contribution is 2.45. The van der Waals surface area contributed by atoms with Crippen LogP contribution < -0.4 is 5.73 Å². The van der Waals surface area contributed by atoms with Crippen molar-refractivity contribution in [3.05, 3.63) is 101 Å². The number of esters is 1. The van der Waals surface area contributed by atoms with E-state index >= 15 is 0 Å². The molecule has 0 aliphatic rings. The van der Waals surface area contributed by atoms with Crippen molar-refractivity contribution in [2.24, 2.45) is 0 Å². The third kappa shape index (κ3) is 3.79. The summed E-state index contributed by atoms with van der Waals surface area (Å²) >= 11 is 7.08. The van der Waals surface area contributed by atoms with Gasteiger partial charge in [-0.2, -0.15) is 10.4 Å². The first-order chi connectivity index (χ1) is 19.0. The van der Waals surface area contributed by atoms with Gasteiger partial charge in [-0.25, -0.2) is 14.5 Å². The van der Waals surface area contributed by atoms with E-state index in [0.29, 0.717) is 33.6 Å². The fraction of sp³-hybridized carbons (Fsp3) is 0.0667. The summed E-state index contributed by atoms with van der Waals surface area (Å²) in [6.07, 6.45) is 0. The van der Waals surface area contributed by atoms with Crippen molar-refractivity contribution in [3.8, 4) is 34.1 Å². The molecule has 0 bridgehead atoms. The van der Waals surface area contributed by atoms with E-state index in [0.717, 1.165) is 5.56 Å². The van der Waals surface area contributed by atoms with Gasteiger partial charge in [-0.05, 0) is 31.2 Å². The third-order valence-electron chi connectivity index (χ3n) is 6.50. The van der Waals surface area contributed by atoms with Crippen molar-refractivity contribution in [1.29, 1.82) is 5.26 Å². The molecule has 3 aromatic heterocycles. The van der Waals surface area contributed by atoms with E-state index in [1.54, 1.807) is 16.0 Å². The van der Waals surface area contributed by atoms with Crippen LogP contribution in [0.5, 0.6) is 0 Å². The second kappa shape index (κ2) is 9.63. The van der Waals surface area contributed by atoms with E-state index < -0.39 is 5.97 Å². The summed E-state index contributed by atoms with van der Waals surface area (Å²) in [7, 11) is 0. The van der Waals surface area contributed by atoms with Crippen LogP contribution in [0.4, 0.5) is 5.82 Å². The standard InChI is InChI=1S/C30H21ClN6O2/c1-2-39-30(38)25-23(20(17-32)29-34-21-15-9-10-16-22(21)36(29)28(25)33)24-26(18-11-5-3-6-12-18)35-37(27(24)31)19-13-7-4-8-14-19/h3-16H,2,33H2,1H3. The van der Waals surface area contributed by atoms with Crippen LogP contribution in [-0.4, -0.2) is 31.7 Å². The van der Waals surface area contributed by atoms with Crippen LogP contribution >= 0.6 is 11.6 Å². The number of benzene rings is 3. The van der Waals surface area contributed by atoms with E-state index in [-0.39, 0.29) is 34.3 Å². The number of nitrogen functional groups attached to an aromatic ring is 1. The number of imidazole rings is 1. The highest BCUT2D eigenvalue weighted by atomic mass is 35.5. The van der Waals surface area contributed by atoms with E-state index in [9.17, 15) is 10.1 Å². The zero-order chi connectivity index (χ0) is 27.1. The van der Waals surface area contributed by atoms with Crippen molar-refractivity contribution in [2.45, 2.75) is 6.92 Å². The Morgan fingerprint density at radius 3 is 2.36 bits per heavy atom. The minimum atomic E-state index is -0.677. The average Bonchev–Trinajstić information content (AvgIpc) is 3.52. The van der Waals surface area contributed by atoms with Gasteiger partial charge in [0, 0.05) is 16.7 Å². The molecule has 6 aromatic rings. The van der Waals surface area contributed by atoms with E-state index in [1.807, 2.05) is 84.9 Å². The fourth-order valence-electron chi connectivity index (χ4n) is 4.84. The lowest BCUT2D eigenvalue weighted by Gasteiger charge is -2.16. The number of nitrogens with two attached hydrogens (primary N) is 1. The van der Waals surface area contributed by atoms with Crippen LogP contribution in [0.15, 0.2) is 84.9 Å². The molecule has 0 amide bonds. The second-order valence-corrected chi connectivity index (χ2v) is 9.09. The predicted molar refractivity (Wildman–Crippen MR) is 151 cm³/mol. The molecule has 3 heterocycles. The first-order valence-corrected chi connectivity index (χ1v) is 12.6. The van der Waals surface area contributed by atoms with Gasteiger partial charge in [-0.3, -0.25) is 4.40 Å². The Morgan fingerprint density at radius 2 is 1.67 bits per heavy atom. The normalized spacial score (nSPS) is 11.1. The molecule has 0 aliphatic carbocycles. The lowest BCUT2D eigenvalue weighted by Crippen LogP contribution is -2.15. The van der Waals surface area contributed by atoms with E-state index in [1.165, 1.54) is 0 Å². The van der Waals surface area contributed by atoms with Crippen molar-refractivity contribution >= 4 is 40.1 Å². The Hall–Kier alpha value is -5.13. The van der Waals surface area contributed by atoms with Gasteiger partial charge in [0.1, 0.15) is 33.9 Å². The topological polar surface area (TPSA) is 111 Å². The molecular formula is C30H21ClN6O2. The SMILES string of the molecule is CCOC(=O)c1c(-c2c(-c3ccccc3)nn(-c3ccccc3)c2Cl)c(C#N)c2nc3ccccc3n2c1N. The maximum atomic E-state index is 13.5. The Labute approximate surface area is 228 Å². The molecule has 8 nitrogen and oxygen atoms in total. The zero-order valence-electron chi connectivity index (χ0n) is 20.8. The molecule has 0 fully saturated rings. The number of ether oxygens (including phenoxy) is 1. The molecule has 0 unspecified atom stereocenters. The number of nitriles is 1. The maximum Gasteiger partial charge on any atom is 0.342 e. The molecule has 0 radical (unpaired) electrons. The van der Waals surface area contributed by atoms with Gasteiger partial charge in [-0.15, -0.1) is 0 Å². The third-order valence-corrected chi connectivity index (χ3v) is 6.85. The number of para-hydroxylation sites is 3. The van der Waals surface area contributed by atoms with Crippen LogP contribution in [0.25, 0.3) is 44.8 Å². The van der Waals surface area contributed by atoms with Gasteiger partial charge in [-0.1, -0.05) is 72.3 Å². The molecule has 9 heteroatoms. The molecule has 190 valence electrons. The van der Waals surface area contributed by atoms with Crippen molar-refractivity contribution in [3.63, 3.8) is 0 Å². The van der Waals surface area contributed by atoms with Gasteiger partial charge in [0.25, 0.3) is 0 Å². The number of nitrogens with zero attached hydrogens (tertiary/aromatic N) is 5. The van der Waals surface area contributed by atoms with Gasteiger partial charge in [0.15, 0.2) is 5.65 Å². The largest absolute Gasteiger partial charge is 0.462 e. The number of rotatable bonds is 5. The smallest absolute Gasteiger partial charge is 0.342 e. The first kappa shape index (κ1) is 24.2. The lowest BCUT2D eigenvalue weighted by atomic mass is 9.93. The number of carbonyl (C=O) groups excluding carboxylic acids is 1. The molecule has 39 heavy (non-hydrogen) atoms. The summed E-state index contributed by atoms with van der Waals surface area (Å²) in [5, 5.41) is 15.6. The number of pyridine rings is 1. The van der Waals surface area contributed by atoms with Crippen LogP contribution in [0.2, 0.25) is 5.15 Å². The summed E-state index contributed by atoms with van der Waals surface area (Å²) in [5.74, 6) is -0.586. The minimum absolute atomic E-state index is 0.0238. The molecule has 0 saturated heterocycles. The first-order valence-electron chi connectivity index (χ1n) is 12.2. The number of fused-ring (bicyclic) bond motifs is 3. The van der Waals surface area contributed by atoms with Crippen LogP contribution in [-0.2, 0) is 4.74 Å². The monoisotopic (exact) mass is 532 g/mol. The van der Waals surface area contributed by atoms with Gasteiger partial charge in [0.2, 0.25) is 0 Å². The summed E-state index contributed by atoms with van der Waals surface area (Å²) in [4.78, 5) is 18.3. The highest BCUT2D eigenvalue weighted by Gasteiger charge is 2.32. The Balaban J connectivity index is 1.81. The molecule has 0 aliphatic heterocycles. The van der Waals surface area contributed by atoms with Gasteiger partial charge < -0.3 is 10.5 Å². The number of anilines is 1. The zero-order valence-corrected chi connectivity index (χ0v) is 21.6.